The molecule has 3 nitrogen and oxygen atoms in total. The van der Waals surface area contributed by atoms with E-state index in [1.54, 1.807) is 19.2 Å². The normalized spacial score (nSPS) is 16.4. The fraction of sp³-hybridized carbons (Fsp3) is 0.500. The molecule has 0 spiro atoms. The van der Waals surface area contributed by atoms with E-state index in [2.05, 4.69) is 15.9 Å². The molecule has 0 radical (unpaired) electrons. The van der Waals surface area contributed by atoms with Gasteiger partial charge in [-0.25, -0.2) is 4.39 Å². The number of anilines is 1. The third kappa shape index (κ3) is 3.07. The predicted molar refractivity (Wildman–Crippen MR) is 75.6 cm³/mol. The molecule has 1 aromatic carbocycles. The number of piperidine rings is 1. The predicted octanol–water partition coefficient (Wildman–Crippen LogP) is 3.32. The minimum atomic E-state index is -0.343. The Hall–Kier alpha value is -1.12. The topological polar surface area (TPSA) is 36.3 Å². The molecule has 0 saturated carbocycles. The van der Waals surface area contributed by atoms with E-state index >= 15 is 0 Å². The van der Waals surface area contributed by atoms with Crippen molar-refractivity contribution in [3.05, 3.63) is 28.0 Å². The summed E-state index contributed by atoms with van der Waals surface area (Å²) in [5.74, 6) is 0.218. The van der Waals surface area contributed by atoms with Gasteiger partial charge in [0.1, 0.15) is 6.07 Å². The van der Waals surface area contributed by atoms with Gasteiger partial charge in [0.2, 0.25) is 0 Å². The Labute approximate surface area is 121 Å². The minimum absolute atomic E-state index is 0.256. The van der Waals surface area contributed by atoms with Crippen LogP contribution in [0.2, 0.25) is 0 Å². The second kappa shape index (κ2) is 6.36. The molecule has 0 bridgehead atoms. The molecule has 1 fully saturated rings. The van der Waals surface area contributed by atoms with Crippen LogP contribution >= 0.6 is 15.9 Å². The van der Waals surface area contributed by atoms with Gasteiger partial charge in [-0.3, -0.25) is 0 Å². The second-order valence-electron chi connectivity index (χ2n) is 4.76. The van der Waals surface area contributed by atoms with Crippen molar-refractivity contribution in [1.82, 2.24) is 0 Å². The van der Waals surface area contributed by atoms with Crippen LogP contribution < -0.4 is 4.90 Å². The van der Waals surface area contributed by atoms with Crippen LogP contribution in [-0.4, -0.2) is 26.8 Å². The fourth-order valence-electron chi connectivity index (χ4n) is 2.45. The number of nitriles is 1. The van der Waals surface area contributed by atoms with Crippen LogP contribution in [-0.2, 0) is 4.74 Å². The Morgan fingerprint density at radius 3 is 2.74 bits per heavy atom. The van der Waals surface area contributed by atoms with E-state index in [4.69, 9.17) is 10.00 Å². The number of hydrogen-bond donors (Lipinski definition) is 0. The monoisotopic (exact) mass is 326 g/mol. The van der Waals surface area contributed by atoms with E-state index in [0.29, 0.717) is 17.2 Å². The molecule has 102 valence electrons. The molecular weight excluding hydrogens is 311 g/mol. The molecule has 1 aliphatic rings. The van der Waals surface area contributed by atoms with Crippen molar-refractivity contribution < 1.29 is 9.13 Å². The number of nitrogens with zero attached hydrogens (tertiary/aromatic N) is 2. The number of hydrogen-bond acceptors (Lipinski definition) is 3. The van der Waals surface area contributed by atoms with E-state index in [1.807, 2.05) is 11.0 Å². The summed E-state index contributed by atoms with van der Waals surface area (Å²) in [5.41, 5.74) is 0.900. The highest BCUT2D eigenvalue weighted by molar-refractivity contribution is 9.10. The van der Waals surface area contributed by atoms with Crippen molar-refractivity contribution in [2.45, 2.75) is 12.8 Å². The smallest absolute Gasteiger partial charge is 0.161 e. The molecule has 1 aliphatic heterocycles. The molecule has 19 heavy (non-hydrogen) atoms. The quantitative estimate of drug-likeness (QED) is 0.854. The maximum Gasteiger partial charge on any atom is 0.161 e. The molecule has 0 atom stereocenters. The van der Waals surface area contributed by atoms with Crippen LogP contribution in [0.5, 0.6) is 0 Å². The van der Waals surface area contributed by atoms with Gasteiger partial charge in [-0.2, -0.15) is 5.26 Å². The molecule has 0 unspecified atom stereocenters. The summed E-state index contributed by atoms with van der Waals surface area (Å²) < 4.78 is 19.6. The summed E-state index contributed by atoms with van der Waals surface area (Å²) in [4.78, 5) is 2.04. The Bertz CT molecular complexity index is 493. The average molecular weight is 327 g/mol. The number of halogens is 2. The first-order valence-corrected chi connectivity index (χ1v) is 7.08. The molecule has 0 amide bonds. The van der Waals surface area contributed by atoms with Crippen LogP contribution in [0.4, 0.5) is 10.1 Å². The van der Waals surface area contributed by atoms with Crippen molar-refractivity contribution in [2.75, 3.05) is 31.7 Å². The van der Waals surface area contributed by atoms with Crippen molar-refractivity contribution >= 4 is 21.6 Å². The summed E-state index contributed by atoms with van der Waals surface area (Å²) in [5, 5.41) is 8.86. The number of rotatable bonds is 3. The van der Waals surface area contributed by atoms with E-state index < -0.39 is 0 Å². The molecule has 5 heteroatoms. The van der Waals surface area contributed by atoms with Crippen LogP contribution in [0, 0.1) is 23.1 Å². The first-order chi connectivity index (χ1) is 9.17. The summed E-state index contributed by atoms with van der Waals surface area (Å²) in [6.07, 6.45) is 2.01. The lowest BCUT2D eigenvalue weighted by Gasteiger charge is -2.33. The van der Waals surface area contributed by atoms with Gasteiger partial charge in [0.25, 0.3) is 0 Å². The molecular formula is C14H16BrFN2O. The van der Waals surface area contributed by atoms with Gasteiger partial charge in [0.15, 0.2) is 5.82 Å². The highest BCUT2D eigenvalue weighted by Gasteiger charge is 2.22. The lowest BCUT2D eigenvalue weighted by Crippen LogP contribution is -2.35. The third-order valence-electron chi connectivity index (χ3n) is 3.54. The molecule has 0 aliphatic carbocycles. The average Bonchev–Trinajstić information content (AvgIpc) is 2.43. The molecule has 1 saturated heterocycles. The molecule has 1 heterocycles. The van der Waals surface area contributed by atoms with Gasteiger partial charge in [-0.15, -0.1) is 0 Å². The Kier molecular flexibility index (Phi) is 4.78. The van der Waals surface area contributed by atoms with E-state index in [-0.39, 0.29) is 10.3 Å². The van der Waals surface area contributed by atoms with Gasteiger partial charge in [-0.1, -0.05) is 0 Å². The van der Waals surface area contributed by atoms with Crippen LogP contribution in [0.3, 0.4) is 0 Å². The minimum Gasteiger partial charge on any atom is -0.384 e. The lowest BCUT2D eigenvalue weighted by atomic mass is 9.97. The maximum atomic E-state index is 14.2. The van der Waals surface area contributed by atoms with Gasteiger partial charge in [0.05, 0.1) is 15.7 Å². The largest absolute Gasteiger partial charge is 0.384 e. The first kappa shape index (κ1) is 14.3. The SMILES string of the molecule is COCC1CCN(c2ccc(C#N)c(Br)c2F)CC1. The van der Waals surface area contributed by atoms with Crippen molar-refractivity contribution in [3.63, 3.8) is 0 Å². The second-order valence-corrected chi connectivity index (χ2v) is 5.55. The third-order valence-corrected chi connectivity index (χ3v) is 4.32. The Morgan fingerprint density at radius 2 is 2.16 bits per heavy atom. The highest BCUT2D eigenvalue weighted by atomic mass is 79.9. The lowest BCUT2D eigenvalue weighted by molar-refractivity contribution is 0.139. The Balaban J connectivity index is 2.12. The zero-order chi connectivity index (χ0) is 13.8. The maximum absolute atomic E-state index is 14.2. The van der Waals surface area contributed by atoms with Gasteiger partial charge < -0.3 is 9.64 Å². The fourth-order valence-corrected chi connectivity index (χ4v) is 2.87. The molecule has 1 aromatic rings. The van der Waals surface area contributed by atoms with Crippen LogP contribution in [0.1, 0.15) is 18.4 Å². The van der Waals surface area contributed by atoms with E-state index in [0.717, 1.165) is 32.5 Å². The zero-order valence-corrected chi connectivity index (χ0v) is 12.4. The number of methoxy groups -OCH3 is 1. The van der Waals surface area contributed by atoms with Crippen molar-refractivity contribution in [2.24, 2.45) is 5.92 Å². The standard InChI is InChI=1S/C14H16BrFN2O/c1-19-9-10-4-6-18(7-5-10)12-3-2-11(8-17)13(15)14(12)16/h2-3,10H,4-7,9H2,1H3. The molecule has 2 rings (SSSR count). The number of ether oxygens (including phenoxy) is 1. The van der Waals surface area contributed by atoms with E-state index in [9.17, 15) is 4.39 Å². The highest BCUT2D eigenvalue weighted by Crippen LogP contribution is 2.31. The van der Waals surface area contributed by atoms with Crippen molar-refractivity contribution in [1.29, 1.82) is 5.26 Å². The van der Waals surface area contributed by atoms with Crippen LogP contribution in [0.25, 0.3) is 0 Å². The summed E-state index contributed by atoms with van der Waals surface area (Å²) in [6, 6.07) is 5.31. The van der Waals surface area contributed by atoms with E-state index in [1.165, 1.54) is 0 Å². The number of benzene rings is 1. The van der Waals surface area contributed by atoms with Gasteiger partial charge >= 0.3 is 0 Å². The molecule has 0 N–H and O–H groups in total. The van der Waals surface area contributed by atoms with Gasteiger partial charge in [-0.05, 0) is 46.8 Å². The first-order valence-electron chi connectivity index (χ1n) is 6.29. The Morgan fingerprint density at radius 1 is 1.47 bits per heavy atom. The summed E-state index contributed by atoms with van der Waals surface area (Å²) in [6.45, 7) is 2.42. The molecule has 0 aromatic heterocycles. The zero-order valence-electron chi connectivity index (χ0n) is 10.8. The van der Waals surface area contributed by atoms with Gasteiger partial charge in [0, 0.05) is 26.8 Å². The summed E-state index contributed by atoms with van der Waals surface area (Å²) in [7, 11) is 1.71. The van der Waals surface area contributed by atoms with Crippen molar-refractivity contribution in [3.8, 4) is 6.07 Å². The van der Waals surface area contributed by atoms with Crippen LogP contribution in [0.15, 0.2) is 16.6 Å². The summed E-state index contributed by atoms with van der Waals surface area (Å²) >= 11 is 3.15.